The molecule has 0 fully saturated rings. The Morgan fingerprint density at radius 3 is 2.26 bits per heavy atom. The molecule has 0 unspecified atom stereocenters. The van der Waals surface area contributed by atoms with Crippen molar-refractivity contribution in [3.8, 4) is 0 Å². The van der Waals surface area contributed by atoms with Crippen LogP contribution >= 0.6 is 0 Å². The molecular formula is C12H11F3N2O2. The molecule has 4 nitrogen and oxygen atoms in total. The van der Waals surface area contributed by atoms with Crippen molar-refractivity contribution in [3.05, 3.63) is 36.4 Å². The first-order valence-corrected chi connectivity index (χ1v) is 5.25. The van der Waals surface area contributed by atoms with Gasteiger partial charge in [-0.2, -0.15) is 13.2 Å². The number of amides is 2. The Bertz CT molecular complexity index is 510. The maximum atomic E-state index is 12.1. The van der Waals surface area contributed by atoms with Crippen LogP contribution in [0.3, 0.4) is 0 Å². The lowest BCUT2D eigenvalue weighted by atomic mass is 10.2. The molecule has 0 spiro atoms. The number of benzene rings is 1. The first-order valence-electron chi connectivity index (χ1n) is 5.25. The second-order valence-corrected chi connectivity index (χ2v) is 3.52. The lowest BCUT2D eigenvalue weighted by Crippen LogP contribution is -2.29. The number of hydrogen-bond acceptors (Lipinski definition) is 2. The monoisotopic (exact) mass is 272 g/mol. The summed E-state index contributed by atoms with van der Waals surface area (Å²) in [5.41, 5.74) is 0.226. The van der Waals surface area contributed by atoms with Crippen molar-refractivity contribution in [2.45, 2.75) is 13.1 Å². The van der Waals surface area contributed by atoms with Gasteiger partial charge in [0.2, 0.25) is 5.91 Å². The maximum absolute atomic E-state index is 12.1. The zero-order valence-electron chi connectivity index (χ0n) is 9.91. The molecule has 0 aliphatic carbocycles. The van der Waals surface area contributed by atoms with Crippen LogP contribution in [0.2, 0.25) is 0 Å². The van der Waals surface area contributed by atoms with Gasteiger partial charge in [-0.25, -0.2) is 0 Å². The summed E-state index contributed by atoms with van der Waals surface area (Å²) in [7, 11) is 0. The molecule has 0 atom stereocenters. The van der Waals surface area contributed by atoms with Crippen LogP contribution in [0.5, 0.6) is 0 Å². The molecule has 0 heterocycles. The molecule has 0 saturated heterocycles. The average Bonchev–Trinajstić information content (AvgIpc) is 2.28. The molecule has 7 heteroatoms. The minimum Gasteiger partial charge on any atom is -0.322 e. The van der Waals surface area contributed by atoms with Gasteiger partial charge in [-0.3, -0.25) is 9.59 Å². The fourth-order valence-corrected chi connectivity index (χ4v) is 1.21. The number of carbonyl (C=O) groups is 2. The molecule has 2 N–H and O–H groups in total. The predicted molar refractivity (Wildman–Crippen MR) is 64.6 cm³/mol. The lowest BCUT2D eigenvalue weighted by molar-refractivity contribution is -0.167. The largest absolute Gasteiger partial charge is 0.471 e. The number of anilines is 2. The topological polar surface area (TPSA) is 58.2 Å². The second kappa shape index (κ2) is 6.03. The smallest absolute Gasteiger partial charge is 0.322 e. The number of carbonyl (C=O) groups excluding carboxylic acids is 2. The van der Waals surface area contributed by atoms with Gasteiger partial charge < -0.3 is 10.6 Å². The standard InChI is InChI=1S/C12H11F3N2O2/c1-2-4-10(18)16-8-5-3-6-9(7-8)17-11(19)12(13,14)15/h2-7H,1H3,(H,16,18)(H,17,19)/b4-2+. The minimum atomic E-state index is -4.95. The third-order valence-corrected chi connectivity index (χ3v) is 1.96. The summed E-state index contributed by atoms with van der Waals surface area (Å²) >= 11 is 0. The van der Waals surface area contributed by atoms with Crippen LogP contribution in [-0.2, 0) is 9.59 Å². The van der Waals surface area contributed by atoms with Gasteiger partial charge in [-0.15, -0.1) is 0 Å². The molecule has 0 radical (unpaired) electrons. The van der Waals surface area contributed by atoms with Gasteiger partial charge >= 0.3 is 12.1 Å². The molecule has 19 heavy (non-hydrogen) atoms. The first kappa shape index (κ1) is 14.7. The van der Waals surface area contributed by atoms with E-state index in [9.17, 15) is 22.8 Å². The fourth-order valence-electron chi connectivity index (χ4n) is 1.21. The van der Waals surface area contributed by atoms with E-state index in [4.69, 9.17) is 0 Å². The van der Waals surface area contributed by atoms with Gasteiger partial charge in [0.05, 0.1) is 0 Å². The van der Waals surface area contributed by atoms with Crippen molar-refractivity contribution >= 4 is 23.2 Å². The van der Waals surface area contributed by atoms with Crippen molar-refractivity contribution in [1.29, 1.82) is 0 Å². The molecule has 0 aliphatic heterocycles. The Kier molecular flexibility index (Phi) is 4.68. The normalized spacial score (nSPS) is 11.4. The summed E-state index contributed by atoms with van der Waals surface area (Å²) in [6.07, 6.45) is -2.17. The SMILES string of the molecule is C/C=C/C(=O)Nc1cccc(NC(=O)C(F)(F)F)c1. The van der Waals surface area contributed by atoms with Crippen LogP contribution in [0.4, 0.5) is 24.5 Å². The van der Waals surface area contributed by atoms with E-state index >= 15 is 0 Å². The van der Waals surface area contributed by atoms with Crippen LogP contribution in [0.1, 0.15) is 6.92 Å². The lowest BCUT2D eigenvalue weighted by Gasteiger charge is -2.09. The van der Waals surface area contributed by atoms with Crippen LogP contribution in [0.15, 0.2) is 36.4 Å². The van der Waals surface area contributed by atoms with E-state index in [0.717, 1.165) is 0 Å². The number of rotatable bonds is 3. The average molecular weight is 272 g/mol. The van der Waals surface area contributed by atoms with Crippen molar-refractivity contribution in [2.24, 2.45) is 0 Å². The minimum absolute atomic E-state index is 0.0550. The molecular weight excluding hydrogens is 261 g/mol. The number of nitrogens with one attached hydrogen (secondary N) is 2. The van der Waals surface area contributed by atoms with E-state index in [1.165, 1.54) is 36.4 Å². The molecule has 2 amide bonds. The Morgan fingerprint density at radius 1 is 1.16 bits per heavy atom. The van der Waals surface area contributed by atoms with Gasteiger partial charge in [0.25, 0.3) is 0 Å². The summed E-state index contributed by atoms with van der Waals surface area (Å²) in [4.78, 5) is 22.0. The van der Waals surface area contributed by atoms with E-state index < -0.39 is 18.0 Å². The van der Waals surface area contributed by atoms with E-state index in [-0.39, 0.29) is 11.4 Å². The highest BCUT2D eigenvalue weighted by Gasteiger charge is 2.38. The molecule has 102 valence electrons. The number of hydrogen-bond donors (Lipinski definition) is 2. The van der Waals surface area contributed by atoms with Crippen molar-refractivity contribution in [2.75, 3.05) is 10.6 Å². The summed E-state index contributed by atoms with van der Waals surface area (Å²) in [5, 5.41) is 4.13. The Hall–Kier alpha value is -2.31. The van der Waals surface area contributed by atoms with Crippen LogP contribution < -0.4 is 10.6 Å². The van der Waals surface area contributed by atoms with Crippen molar-refractivity contribution in [3.63, 3.8) is 0 Å². The zero-order chi connectivity index (χ0) is 14.5. The third kappa shape index (κ3) is 4.82. The maximum Gasteiger partial charge on any atom is 0.471 e. The van der Waals surface area contributed by atoms with Gasteiger partial charge in [-0.1, -0.05) is 12.1 Å². The Labute approximate surface area is 107 Å². The highest BCUT2D eigenvalue weighted by molar-refractivity contribution is 6.00. The Morgan fingerprint density at radius 2 is 1.74 bits per heavy atom. The number of halogens is 3. The Balaban J connectivity index is 2.78. The van der Waals surface area contributed by atoms with Crippen LogP contribution in [0, 0.1) is 0 Å². The van der Waals surface area contributed by atoms with E-state index in [0.29, 0.717) is 0 Å². The van der Waals surface area contributed by atoms with E-state index in [1.54, 1.807) is 12.2 Å². The quantitative estimate of drug-likeness (QED) is 0.831. The molecule has 1 aromatic rings. The molecule has 0 saturated carbocycles. The molecule has 1 aromatic carbocycles. The number of alkyl halides is 3. The highest BCUT2D eigenvalue weighted by Crippen LogP contribution is 2.20. The van der Waals surface area contributed by atoms with Crippen molar-refractivity contribution in [1.82, 2.24) is 0 Å². The molecule has 0 bridgehead atoms. The summed E-state index contributed by atoms with van der Waals surface area (Å²) in [6, 6.07) is 5.42. The van der Waals surface area contributed by atoms with E-state index in [1.807, 2.05) is 0 Å². The predicted octanol–water partition coefficient (Wildman–Crippen LogP) is 2.70. The van der Waals surface area contributed by atoms with Crippen LogP contribution in [0.25, 0.3) is 0 Å². The summed E-state index contributed by atoms with van der Waals surface area (Å²) in [5.74, 6) is -2.48. The molecule has 0 aromatic heterocycles. The van der Waals surface area contributed by atoms with Gasteiger partial charge in [-0.05, 0) is 31.2 Å². The fraction of sp³-hybridized carbons (Fsp3) is 0.167. The van der Waals surface area contributed by atoms with Gasteiger partial charge in [0.1, 0.15) is 0 Å². The van der Waals surface area contributed by atoms with Crippen molar-refractivity contribution < 1.29 is 22.8 Å². The zero-order valence-corrected chi connectivity index (χ0v) is 9.91. The summed E-state index contributed by atoms with van der Waals surface area (Å²) < 4.78 is 36.2. The molecule has 0 aliphatic rings. The summed E-state index contributed by atoms with van der Waals surface area (Å²) in [6.45, 7) is 1.65. The second-order valence-electron chi connectivity index (χ2n) is 3.52. The highest BCUT2D eigenvalue weighted by atomic mass is 19.4. The van der Waals surface area contributed by atoms with E-state index in [2.05, 4.69) is 5.32 Å². The first-order chi connectivity index (χ1) is 8.82. The van der Waals surface area contributed by atoms with Gasteiger partial charge in [0.15, 0.2) is 0 Å². The third-order valence-electron chi connectivity index (χ3n) is 1.96. The number of allylic oxidation sites excluding steroid dienone is 1. The molecule has 1 rings (SSSR count). The van der Waals surface area contributed by atoms with Gasteiger partial charge in [0, 0.05) is 11.4 Å². The van der Waals surface area contributed by atoms with Crippen LogP contribution in [-0.4, -0.2) is 18.0 Å².